The van der Waals surface area contributed by atoms with Gasteiger partial charge in [-0.2, -0.15) is 0 Å². The number of aromatic nitrogens is 2. The van der Waals surface area contributed by atoms with Crippen LogP contribution in [0.25, 0.3) is 11.1 Å². The van der Waals surface area contributed by atoms with Gasteiger partial charge in [-0.25, -0.2) is 0 Å². The minimum absolute atomic E-state index is 0.387. The van der Waals surface area contributed by atoms with Crippen LogP contribution >= 0.6 is 0 Å². The van der Waals surface area contributed by atoms with Crippen LogP contribution in [-0.4, -0.2) is 10.1 Å². The fourth-order valence-electron chi connectivity index (χ4n) is 2.38. The highest BCUT2D eigenvalue weighted by molar-refractivity contribution is 5.74. The number of nitrogens with zero attached hydrogens (tertiary/aromatic N) is 2. The maximum atomic E-state index is 5.94. The van der Waals surface area contributed by atoms with Crippen LogP contribution < -0.4 is 5.73 Å². The van der Waals surface area contributed by atoms with Crippen LogP contribution in [0.15, 0.2) is 29.0 Å². The Kier molecular flexibility index (Phi) is 4.55. The predicted molar refractivity (Wildman–Crippen MR) is 76.7 cm³/mol. The Hall–Kier alpha value is -1.84. The fraction of sp³-hybridized carbons (Fsp3) is 0.467. The third kappa shape index (κ3) is 2.95. The van der Waals surface area contributed by atoms with Gasteiger partial charge >= 0.3 is 0 Å². The maximum Gasteiger partial charge on any atom is 0.230 e. The summed E-state index contributed by atoms with van der Waals surface area (Å²) in [4.78, 5) is 4.15. The van der Waals surface area contributed by atoms with Gasteiger partial charge in [0.15, 0.2) is 0 Å². The zero-order valence-corrected chi connectivity index (χ0v) is 11.6. The molecule has 2 heterocycles. The number of hydrogen-bond donors (Lipinski definition) is 1. The van der Waals surface area contributed by atoms with Crippen LogP contribution in [0, 0.1) is 0 Å². The Balaban J connectivity index is 2.36. The van der Waals surface area contributed by atoms with Crippen LogP contribution in [0.4, 0.5) is 5.88 Å². The maximum absolute atomic E-state index is 5.94. The first-order valence-corrected chi connectivity index (χ1v) is 6.93. The average molecular weight is 259 g/mol. The van der Waals surface area contributed by atoms with Crippen LogP contribution in [0.2, 0.25) is 0 Å². The summed E-state index contributed by atoms with van der Waals surface area (Å²) in [5, 5.41) is 4.19. The molecule has 0 saturated heterocycles. The number of pyridine rings is 1. The van der Waals surface area contributed by atoms with Gasteiger partial charge in [-0.3, -0.25) is 4.98 Å². The predicted octanol–water partition coefficient (Wildman–Crippen LogP) is 4.00. The molecule has 0 aliphatic heterocycles. The van der Waals surface area contributed by atoms with Crippen molar-refractivity contribution >= 4 is 5.88 Å². The molecule has 2 aromatic rings. The van der Waals surface area contributed by atoms with Crippen molar-refractivity contribution in [3.8, 4) is 11.1 Å². The Morgan fingerprint density at radius 1 is 1.37 bits per heavy atom. The zero-order chi connectivity index (χ0) is 13.7. The van der Waals surface area contributed by atoms with Gasteiger partial charge < -0.3 is 10.3 Å². The molecule has 0 amide bonds. The highest BCUT2D eigenvalue weighted by atomic mass is 16.5. The molecule has 0 spiro atoms. The lowest BCUT2D eigenvalue weighted by atomic mass is 9.91. The quantitative estimate of drug-likeness (QED) is 0.851. The van der Waals surface area contributed by atoms with Crippen molar-refractivity contribution < 1.29 is 4.52 Å². The van der Waals surface area contributed by atoms with Crippen LogP contribution in [0.5, 0.6) is 0 Å². The van der Waals surface area contributed by atoms with Crippen molar-refractivity contribution in [3.05, 3.63) is 30.2 Å². The molecular weight excluding hydrogens is 238 g/mol. The van der Waals surface area contributed by atoms with Crippen molar-refractivity contribution in [2.24, 2.45) is 0 Å². The molecule has 0 aliphatic rings. The molecule has 0 saturated carbocycles. The topological polar surface area (TPSA) is 64.9 Å². The third-order valence-electron chi connectivity index (χ3n) is 3.48. The van der Waals surface area contributed by atoms with E-state index in [2.05, 4.69) is 24.0 Å². The number of hydrogen-bond acceptors (Lipinski definition) is 4. The standard InChI is InChI=1S/C15H21N3O/c1-3-5-7-11(4-2)14-13(15(16)19-18-14)12-8-6-9-17-10-12/h6,8-11H,3-5,7,16H2,1-2H3. The lowest BCUT2D eigenvalue weighted by molar-refractivity contribution is 0.412. The van der Waals surface area contributed by atoms with E-state index in [1.54, 1.807) is 12.4 Å². The summed E-state index contributed by atoms with van der Waals surface area (Å²) in [6, 6.07) is 3.89. The molecule has 4 heteroatoms. The minimum atomic E-state index is 0.387. The van der Waals surface area contributed by atoms with Crippen molar-refractivity contribution in [1.29, 1.82) is 0 Å². The van der Waals surface area contributed by atoms with Gasteiger partial charge in [-0.15, -0.1) is 0 Å². The number of rotatable bonds is 6. The van der Waals surface area contributed by atoms with E-state index in [4.69, 9.17) is 10.3 Å². The molecule has 0 bridgehead atoms. The van der Waals surface area contributed by atoms with Crippen molar-refractivity contribution in [2.75, 3.05) is 5.73 Å². The highest BCUT2D eigenvalue weighted by Crippen LogP contribution is 2.36. The molecule has 19 heavy (non-hydrogen) atoms. The van der Waals surface area contributed by atoms with E-state index in [-0.39, 0.29) is 0 Å². The first-order valence-electron chi connectivity index (χ1n) is 6.93. The summed E-state index contributed by atoms with van der Waals surface area (Å²) in [6.07, 6.45) is 8.09. The van der Waals surface area contributed by atoms with E-state index in [1.165, 1.54) is 12.8 Å². The van der Waals surface area contributed by atoms with E-state index in [9.17, 15) is 0 Å². The Bertz CT molecular complexity index is 507. The first kappa shape index (κ1) is 13.6. The number of anilines is 1. The Morgan fingerprint density at radius 2 is 2.21 bits per heavy atom. The normalized spacial score (nSPS) is 12.5. The Morgan fingerprint density at radius 3 is 2.84 bits per heavy atom. The van der Waals surface area contributed by atoms with Crippen LogP contribution in [0.1, 0.15) is 51.1 Å². The van der Waals surface area contributed by atoms with Gasteiger partial charge in [0.2, 0.25) is 5.88 Å². The molecule has 0 fully saturated rings. The van der Waals surface area contributed by atoms with Crippen LogP contribution in [0.3, 0.4) is 0 Å². The molecule has 4 nitrogen and oxygen atoms in total. The summed E-state index contributed by atoms with van der Waals surface area (Å²) >= 11 is 0. The molecule has 2 rings (SSSR count). The van der Waals surface area contributed by atoms with Gasteiger partial charge in [0.25, 0.3) is 0 Å². The average Bonchev–Trinajstić information content (AvgIpc) is 2.83. The van der Waals surface area contributed by atoms with Crippen LogP contribution in [-0.2, 0) is 0 Å². The van der Waals surface area contributed by atoms with Crippen molar-refractivity contribution in [1.82, 2.24) is 10.1 Å². The highest BCUT2D eigenvalue weighted by Gasteiger charge is 2.22. The van der Waals surface area contributed by atoms with Gasteiger partial charge in [-0.05, 0) is 18.9 Å². The third-order valence-corrected chi connectivity index (χ3v) is 3.48. The monoisotopic (exact) mass is 259 g/mol. The molecular formula is C15H21N3O. The van der Waals surface area contributed by atoms with E-state index in [1.807, 2.05) is 12.1 Å². The molecule has 0 radical (unpaired) electrons. The molecule has 2 N–H and O–H groups in total. The summed E-state index contributed by atoms with van der Waals surface area (Å²) < 4.78 is 5.21. The van der Waals surface area contributed by atoms with Crippen molar-refractivity contribution in [3.63, 3.8) is 0 Å². The fourth-order valence-corrected chi connectivity index (χ4v) is 2.38. The molecule has 0 aliphatic carbocycles. The molecule has 102 valence electrons. The first-order chi connectivity index (χ1) is 9.27. The minimum Gasteiger partial charge on any atom is -0.367 e. The zero-order valence-electron chi connectivity index (χ0n) is 11.6. The smallest absolute Gasteiger partial charge is 0.230 e. The molecule has 0 aromatic carbocycles. The number of unbranched alkanes of at least 4 members (excludes halogenated alkanes) is 1. The molecule has 2 aromatic heterocycles. The Labute approximate surface area is 114 Å². The SMILES string of the molecule is CCCCC(CC)c1noc(N)c1-c1cccnc1. The lowest BCUT2D eigenvalue weighted by Gasteiger charge is -2.13. The van der Waals surface area contributed by atoms with E-state index >= 15 is 0 Å². The van der Waals surface area contributed by atoms with Gasteiger partial charge in [0, 0.05) is 23.9 Å². The lowest BCUT2D eigenvalue weighted by Crippen LogP contribution is -2.00. The molecule has 1 unspecified atom stereocenters. The van der Waals surface area contributed by atoms with E-state index in [0.717, 1.165) is 29.7 Å². The van der Waals surface area contributed by atoms with E-state index in [0.29, 0.717) is 11.8 Å². The van der Waals surface area contributed by atoms with Gasteiger partial charge in [0.1, 0.15) is 0 Å². The second kappa shape index (κ2) is 6.36. The van der Waals surface area contributed by atoms with Gasteiger partial charge in [0.05, 0.1) is 11.3 Å². The summed E-state index contributed by atoms with van der Waals surface area (Å²) in [5.41, 5.74) is 8.80. The van der Waals surface area contributed by atoms with Gasteiger partial charge in [-0.1, -0.05) is 37.9 Å². The van der Waals surface area contributed by atoms with Crippen molar-refractivity contribution in [2.45, 2.75) is 45.4 Å². The second-order valence-electron chi connectivity index (χ2n) is 4.80. The number of nitrogens with two attached hydrogens (primary N) is 1. The van der Waals surface area contributed by atoms with E-state index < -0.39 is 0 Å². The molecule has 1 atom stereocenters. The summed E-state index contributed by atoms with van der Waals surface area (Å²) in [5.74, 6) is 0.786. The second-order valence-corrected chi connectivity index (χ2v) is 4.80. The summed E-state index contributed by atoms with van der Waals surface area (Å²) in [7, 11) is 0. The summed E-state index contributed by atoms with van der Waals surface area (Å²) in [6.45, 7) is 4.38. The largest absolute Gasteiger partial charge is 0.367 e. The number of nitrogen functional groups attached to an aromatic ring is 1.